The van der Waals surface area contributed by atoms with Crippen LogP contribution in [0, 0.1) is 0 Å². The van der Waals surface area contributed by atoms with Gasteiger partial charge >= 0.3 is 0 Å². The fourth-order valence-electron chi connectivity index (χ4n) is 1.83. The fraction of sp³-hybridized carbons (Fsp3) is 0.786. The van der Waals surface area contributed by atoms with Crippen LogP contribution in [0.3, 0.4) is 0 Å². The van der Waals surface area contributed by atoms with Gasteiger partial charge in [0.2, 0.25) is 0 Å². The fourth-order valence-corrected chi connectivity index (χ4v) is 1.83. The Bertz CT molecular complexity index is 238. The molecule has 0 spiro atoms. The average molecular weight is 256 g/mol. The van der Waals surface area contributed by atoms with Crippen LogP contribution in [0.5, 0.6) is 0 Å². The maximum absolute atomic E-state index is 9.00. The van der Waals surface area contributed by atoms with Crippen molar-refractivity contribution < 1.29 is 9.90 Å². The van der Waals surface area contributed by atoms with Crippen LogP contribution in [-0.2, 0) is 4.79 Å². The van der Waals surface area contributed by atoms with Gasteiger partial charge < -0.3 is 14.9 Å². The van der Waals surface area contributed by atoms with Gasteiger partial charge in [0.25, 0.3) is 5.97 Å². The zero-order chi connectivity index (χ0) is 13.8. The summed E-state index contributed by atoms with van der Waals surface area (Å²) in [5.74, 6) is -0.833. The number of hydrogen-bond donors (Lipinski definition) is 1. The van der Waals surface area contributed by atoms with Crippen molar-refractivity contribution >= 4 is 5.97 Å². The molecule has 0 atom stereocenters. The molecule has 0 saturated carbocycles. The highest BCUT2D eigenvalue weighted by molar-refractivity contribution is 5.62. The molecule has 0 unspecified atom stereocenters. The van der Waals surface area contributed by atoms with Crippen molar-refractivity contribution in [2.75, 3.05) is 20.3 Å². The molecule has 1 N–H and O–H groups in total. The SMILES string of the molecule is CC(=O)O.CCCCCCCCN1C=CN(C)C1. The normalized spacial score (nSPS) is 13.5. The number of nitrogens with zero attached hydrogens (tertiary/aromatic N) is 2. The van der Waals surface area contributed by atoms with Gasteiger partial charge in [-0.25, -0.2) is 0 Å². The first-order valence-corrected chi connectivity index (χ1v) is 6.88. The first-order chi connectivity index (χ1) is 8.56. The van der Waals surface area contributed by atoms with E-state index >= 15 is 0 Å². The number of hydrogen-bond acceptors (Lipinski definition) is 3. The molecule has 4 nitrogen and oxygen atoms in total. The van der Waals surface area contributed by atoms with Gasteiger partial charge in [-0.2, -0.15) is 0 Å². The lowest BCUT2D eigenvalue weighted by molar-refractivity contribution is -0.134. The summed E-state index contributed by atoms with van der Waals surface area (Å²) in [5.41, 5.74) is 0. The Morgan fingerprint density at radius 3 is 2.22 bits per heavy atom. The highest BCUT2D eigenvalue weighted by Gasteiger charge is 2.06. The molecule has 106 valence electrons. The Labute approximate surface area is 111 Å². The molecule has 1 aliphatic heterocycles. The van der Waals surface area contributed by atoms with Crippen molar-refractivity contribution in [2.24, 2.45) is 0 Å². The molecule has 18 heavy (non-hydrogen) atoms. The summed E-state index contributed by atoms with van der Waals surface area (Å²) in [6, 6.07) is 0. The molecule has 0 bridgehead atoms. The van der Waals surface area contributed by atoms with Crippen LogP contribution in [0.1, 0.15) is 52.4 Å². The third-order valence-corrected chi connectivity index (χ3v) is 2.74. The number of rotatable bonds is 7. The second-order valence-electron chi connectivity index (χ2n) is 4.80. The van der Waals surface area contributed by atoms with E-state index in [9.17, 15) is 0 Å². The van der Waals surface area contributed by atoms with Crippen molar-refractivity contribution in [1.29, 1.82) is 0 Å². The average Bonchev–Trinajstić information content (AvgIpc) is 2.69. The first kappa shape index (κ1) is 16.8. The van der Waals surface area contributed by atoms with E-state index in [1.807, 2.05) is 0 Å². The minimum atomic E-state index is -0.833. The summed E-state index contributed by atoms with van der Waals surface area (Å²) in [6.07, 6.45) is 12.7. The van der Waals surface area contributed by atoms with Crippen molar-refractivity contribution in [3.05, 3.63) is 12.4 Å². The predicted octanol–water partition coefficient (Wildman–Crippen LogP) is 3.11. The smallest absolute Gasteiger partial charge is 0.300 e. The van der Waals surface area contributed by atoms with Gasteiger partial charge in [-0.05, 0) is 6.42 Å². The van der Waals surface area contributed by atoms with Crippen LogP contribution >= 0.6 is 0 Å². The molecule has 0 aromatic heterocycles. The van der Waals surface area contributed by atoms with Crippen LogP contribution in [0.2, 0.25) is 0 Å². The van der Waals surface area contributed by atoms with Gasteiger partial charge in [-0.3, -0.25) is 4.79 Å². The second kappa shape index (κ2) is 10.9. The van der Waals surface area contributed by atoms with Gasteiger partial charge in [0, 0.05) is 32.9 Å². The molecule has 0 amide bonds. The maximum atomic E-state index is 9.00. The summed E-state index contributed by atoms with van der Waals surface area (Å²) >= 11 is 0. The van der Waals surface area contributed by atoms with E-state index in [2.05, 4.69) is 36.2 Å². The van der Waals surface area contributed by atoms with Crippen molar-refractivity contribution in [1.82, 2.24) is 9.80 Å². The van der Waals surface area contributed by atoms with E-state index in [0.717, 1.165) is 13.6 Å². The zero-order valence-corrected chi connectivity index (χ0v) is 12.1. The maximum Gasteiger partial charge on any atom is 0.300 e. The third kappa shape index (κ3) is 11.3. The molecule has 4 heteroatoms. The molecule has 0 radical (unpaired) electrons. The number of carbonyl (C=O) groups is 1. The van der Waals surface area contributed by atoms with Crippen LogP contribution in [0.4, 0.5) is 0 Å². The Kier molecular flexibility index (Phi) is 10.2. The molecule has 0 fully saturated rings. The number of carboxylic acid groups (broad SMARTS) is 1. The lowest BCUT2D eigenvalue weighted by Gasteiger charge is -2.17. The largest absolute Gasteiger partial charge is 0.481 e. The van der Waals surface area contributed by atoms with Gasteiger partial charge in [0.15, 0.2) is 0 Å². The van der Waals surface area contributed by atoms with Gasteiger partial charge in [0.05, 0.1) is 6.67 Å². The highest BCUT2D eigenvalue weighted by atomic mass is 16.4. The molecular formula is C14H28N2O2. The van der Waals surface area contributed by atoms with Crippen LogP contribution < -0.4 is 0 Å². The second-order valence-corrected chi connectivity index (χ2v) is 4.80. The first-order valence-electron chi connectivity index (χ1n) is 6.88. The Balaban J connectivity index is 0.000000631. The predicted molar refractivity (Wildman–Crippen MR) is 75.2 cm³/mol. The third-order valence-electron chi connectivity index (χ3n) is 2.74. The van der Waals surface area contributed by atoms with Crippen molar-refractivity contribution in [2.45, 2.75) is 52.4 Å². The minimum Gasteiger partial charge on any atom is -0.481 e. The van der Waals surface area contributed by atoms with E-state index in [1.165, 1.54) is 45.1 Å². The molecular weight excluding hydrogens is 228 g/mol. The van der Waals surface area contributed by atoms with Crippen molar-refractivity contribution in [3.63, 3.8) is 0 Å². The van der Waals surface area contributed by atoms with E-state index in [-0.39, 0.29) is 0 Å². The Morgan fingerprint density at radius 2 is 1.72 bits per heavy atom. The lowest BCUT2D eigenvalue weighted by Crippen LogP contribution is -2.23. The number of carboxylic acids is 1. The Morgan fingerprint density at radius 1 is 1.17 bits per heavy atom. The van der Waals surface area contributed by atoms with Gasteiger partial charge in [-0.1, -0.05) is 39.0 Å². The number of aliphatic carboxylic acids is 1. The van der Waals surface area contributed by atoms with E-state index in [4.69, 9.17) is 9.90 Å². The molecule has 0 aromatic rings. The molecule has 1 rings (SSSR count). The van der Waals surface area contributed by atoms with Crippen LogP contribution in [0.25, 0.3) is 0 Å². The van der Waals surface area contributed by atoms with Crippen LogP contribution in [-0.4, -0.2) is 41.1 Å². The summed E-state index contributed by atoms with van der Waals surface area (Å²) in [6.45, 7) is 5.66. The summed E-state index contributed by atoms with van der Waals surface area (Å²) in [4.78, 5) is 13.6. The van der Waals surface area contributed by atoms with Crippen LogP contribution in [0.15, 0.2) is 12.4 Å². The summed E-state index contributed by atoms with van der Waals surface area (Å²) < 4.78 is 0. The monoisotopic (exact) mass is 256 g/mol. The molecule has 1 heterocycles. The standard InChI is InChI=1S/C12H24N2.C2H4O2/c1-3-4-5-6-7-8-9-14-11-10-13(2)12-14;1-2(3)4/h10-11H,3-9,12H2,1-2H3;1H3,(H,3,4). The summed E-state index contributed by atoms with van der Waals surface area (Å²) in [5, 5.41) is 7.42. The summed E-state index contributed by atoms with van der Waals surface area (Å²) in [7, 11) is 2.12. The minimum absolute atomic E-state index is 0.833. The lowest BCUT2D eigenvalue weighted by atomic mass is 10.1. The van der Waals surface area contributed by atoms with E-state index in [0.29, 0.717) is 0 Å². The molecule has 0 aromatic carbocycles. The molecule has 0 saturated heterocycles. The van der Waals surface area contributed by atoms with Crippen molar-refractivity contribution in [3.8, 4) is 0 Å². The zero-order valence-electron chi connectivity index (χ0n) is 12.1. The molecule has 0 aliphatic carbocycles. The van der Waals surface area contributed by atoms with Gasteiger partial charge in [-0.15, -0.1) is 0 Å². The number of unbranched alkanes of at least 4 members (excludes halogenated alkanes) is 5. The van der Waals surface area contributed by atoms with E-state index < -0.39 is 5.97 Å². The Hall–Kier alpha value is -1.19. The van der Waals surface area contributed by atoms with E-state index in [1.54, 1.807) is 0 Å². The molecule has 1 aliphatic rings. The highest BCUT2D eigenvalue weighted by Crippen LogP contribution is 2.08. The van der Waals surface area contributed by atoms with Gasteiger partial charge in [0.1, 0.15) is 0 Å². The topological polar surface area (TPSA) is 43.8 Å². The quantitative estimate of drug-likeness (QED) is 0.711.